The third kappa shape index (κ3) is 26.6. The molecule has 0 saturated heterocycles. The SMILES string of the molecule is C[CH-]C.[Y].[Y].[Y]. The Balaban J connectivity index is -0.00000000667. The fourth-order valence-corrected chi connectivity index (χ4v) is 0. The summed E-state index contributed by atoms with van der Waals surface area (Å²) in [6, 6.07) is 0. The topological polar surface area (TPSA) is 0 Å². The molecular weight excluding hydrogens is 303 g/mol. The molecule has 29 valence electrons. The minimum absolute atomic E-state index is 0. The summed E-state index contributed by atoms with van der Waals surface area (Å²) in [6.07, 6.45) is 2.00. The van der Waals surface area contributed by atoms with Crippen molar-refractivity contribution in [2.45, 2.75) is 13.8 Å². The van der Waals surface area contributed by atoms with Crippen molar-refractivity contribution < 1.29 is 98.1 Å². The minimum Gasteiger partial charge on any atom is -0.335 e. The van der Waals surface area contributed by atoms with E-state index in [4.69, 9.17) is 0 Å². The summed E-state index contributed by atoms with van der Waals surface area (Å²) in [5.74, 6) is 0. The molecule has 0 aromatic heterocycles. The van der Waals surface area contributed by atoms with Gasteiger partial charge in [0.15, 0.2) is 0 Å². The van der Waals surface area contributed by atoms with Crippen molar-refractivity contribution in [3.8, 4) is 0 Å². The van der Waals surface area contributed by atoms with Gasteiger partial charge in [-0.05, 0) is 0 Å². The Hall–Kier alpha value is 3.31. The first-order valence-corrected chi connectivity index (χ1v) is 1.15. The number of hydrogen-bond donors (Lipinski definition) is 0. The van der Waals surface area contributed by atoms with Crippen molar-refractivity contribution in [2.24, 2.45) is 0 Å². The predicted octanol–water partition coefficient (Wildman–Crippen LogP) is 1.22. The Morgan fingerprint density at radius 2 is 0.833 bits per heavy atom. The van der Waals surface area contributed by atoms with Crippen molar-refractivity contribution in [3.63, 3.8) is 0 Å². The molecule has 0 unspecified atom stereocenters. The Labute approximate surface area is 116 Å². The number of rotatable bonds is 0. The van der Waals surface area contributed by atoms with Crippen LogP contribution < -0.4 is 0 Å². The first-order chi connectivity index (χ1) is 1.41. The first-order valence-electron chi connectivity index (χ1n) is 1.15. The fraction of sp³-hybridized carbons (Fsp3) is 0.667. The van der Waals surface area contributed by atoms with Crippen LogP contribution in [-0.4, -0.2) is 0 Å². The van der Waals surface area contributed by atoms with Gasteiger partial charge in [0.1, 0.15) is 0 Å². The van der Waals surface area contributed by atoms with E-state index in [0.29, 0.717) is 0 Å². The molecule has 0 bridgehead atoms. The van der Waals surface area contributed by atoms with Crippen LogP contribution >= 0.6 is 0 Å². The summed E-state index contributed by atoms with van der Waals surface area (Å²) in [5.41, 5.74) is 0. The van der Waals surface area contributed by atoms with E-state index in [-0.39, 0.29) is 98.1 Å². The zero-order valence-electron chi connectivity index (χ0n) is 4.31. The average molecular weight is 310 g/mol. The molecule has 0 nitrogen and oxygen atoms in total. The molecule has 0 spiro atoms. The maximum Gasteiger partial charge on any atom is 0 e. The van der Waals surface area contributed by atoms with Crippen molar-refractivity contribution in [3.05, 3.63) is 6.42 Å². The van der Waals surface area contributed by atoms with Crippen LogP contribution in [0.5, 0.6) is 0 Å². The van der Waals surface area contributed by atoms with E-state index < -0.39 is 0 Å². The summed E-state index contributed by atoms with van der Waals surface area (Å²) in [5, 5.41) is 0. The molecule has 0 rings (SSSR count). The van der Waals surface area contributed by atoms with Gasteiger partial charge < -0.3 is 6.42 Å². The van der Waals surface area contributed by atoms with E-state index >= 15 is 0 Å². The molecule has 0 amide bonds. The normalized spacial score (nSPS) is 3.00. The third-order valence-corrected chi connectivity index (χ3v) is 0. The molecule has 6 heavy (non-hydrogen) atoms. The third-order valence-electron chi connectivity index (χ3n) is 0. The second-order valence-electron chi connectivity index (χ2n) is 0.577. The van der Waals surface area contributed by atoms with E-state index in [1.54, 1.807) is 0 Å². The summed E-state index contributed by atoms with van der Waals surface area (Å²) in [4.78, 5) is 0. The van der Waals surface area contributed by atoms with Gasteiger partial charge in [0.25, 0.3) is 0 Å². The zero-order valence-corrected chi connectivity index (χ0v) is 12.8. The first kappa shape index (κ1) is 22.8. The van der Waals surface area contributed by atoms with E-state index in [9.17, 15) is 0 Å². The Kier molecular flexibility index (Phi) is 90.8. The van der Waals surface area contributed by atoms with Crippen molar-refractivity contribution in [2.75, 3.05) is 0 Å². The van der Waals surface area contributed by atoms with E-state index in [2.05, 4.69) is 0 Å². The largest absolute Gasteiger partial charge is 0.335 e. The van der Waals surface area contributed by atoms with Gasteiger partial charge >= 0.3 is 0 Å². The van der Waals surface area contributed by atoms with Crippen molar-refractivity contribution >= 4 is 0 Å². The van der Waals surface area contributed by atoms with Gasteiger partial charge in [-0.3, -0.25) is 0 Å². The molecule has 0 aliphatic rings. The van der Waals surface area contributed by atoms with Crippen LogP contribution in [0, 0.1) is 6.42 Å². The maximum absolute atomic E-state index is 2.00. The van der Waals surface area contributed by atoms with Crippen LogP contribution in [0.1, 0.15) is 13.8 Å². The van der Waals surface area contributed by atoms with Gasteiger partial charge in [-0.1, -0.05) is 0 Å². The quantitative estimate of drug-likeness (QED) is 0.590. The Bertz CT molecular complexity index is 6.00. The molecule has 0 aliphatic heterocycles. The summed E-state index contributed by atoms with van der Waals surface area (Å²) < 4.78 is 0. The van der Waals surface area contributed by atoms with Crippen molar-refractivity contribution in [1.82, 2.24) is 0 Å². The van der Waals surface area contributed by atoms with Gasteiger partial charge in [-0.2, -0.15) is 13.8 Å². The predicted molar refractivity (Wildman–Crippen MR) is 15.6 cm³/mol. The van der Waals surface area contributed by atoms with Crippen molar-refractivity contribution in [1.29, 1.82) is 0 Å². The van der Waals surface area contributed by atoms with E-state index in [1.807, 2.05) is 20.3 Å². The molecule has 0 aromatic carbocycles. The molecule has 0 N–H and O–H groups in total. The molecule has 0 heterocycles. The van der Waals surface area contributed by atoms with E-state index in [1.165, 1.54) is 0 Å². The Morgan fingerprint density at radius 3 is 0.833 bits per heavy atom. The molecular formula is C3H7Y3-. The summed E-state index contributed by atoms with van der Waals surface area (Å²) in [6.45, 7) is 4.00. The monoisotopic (exact) mass is 310 g/mol. The molecule has 3 radical (unpaired) electrons. The maximum atomic E-state index is 2.00. The number of hydrogen-bond acceptors (Lipinski definition) is 0. The van der Waals surface area contributed by atoms with Gasteiger partial charge in [0.05, 0.1) is 0 Å². The van der Waals surface area contributed by atoms with Crippen LogP contribution in [0.15, 0.2) is 0 Å². The van der Waals surface area contributed by atoms with Crippen LogP contribution in [0.2, 0.25) is 0 Å². The molecule has 0 aliphatic carbocycles. The standard InChI is InChI=1S/C3H7.3Y/c1-3-2;;;/h3H,1-2H3;;;/q-1;;;. The second kappa shape index (κ2) is 23.9. The van der Waals surface area contributed by atoms with Crippen LogP contribution in [-0.2, 0) is 98.1 Å². The van der Waals surface area contributed by atoms with E-state index in [0.717, 1.165) is 0 Å². The molecule has 0 atom stereocenters. The minimum atomic E-state index is 0. The fourth-order valence-electron chi connectivity index (χ4n) is 0. The van der Waals surface area contributed by atoms with Gasteiger partial charge in [-0.15, -0.1) is 0 Å². The smallest absolute Gasteiger partial charge is 0 e. The summed E-state index contributed by atoms with van der Waals surface area (Å²) in [7, 11) is 0. The van der Waals surface area contributed by atoms with Gasteiger partial charge in [-0.25, -0.2) is 0 Å². The molecule has 0 saturated carbocycles. The van der Waals surface area contributed by atoms with Crippen LogP contribution in [0.3, 0.4) is 0 Å². The zero-order chi connectivity index (χ0) is 2.71. The summed E-state index contributed by atoms with van der Waals surface area (Å²) >= 11 is 0. The average Bonchev–Trinajstić information content (AvgIpc) is 0.918. The van der Waals surface area contributed by atoms with Crippen LogP contribution in [0.25, 0.3) is 0 Å². The molecule has 0 aromatic rings. The van der Waals surface area contributed by atoms with Gasteiger partial charge in [0, 0.05) is 98.1 Å². The second-order valence-corrected chi connectivity index (χ2v) is 0.577. The Morgan fingerprint density at radius 1 is 0.833 bits per heavy atom. The van der Waals surface area contributed by atoms with Crippen LogP contribution in [0.4, 0.5) is 0 Å². The molecule has 3 heteroatoms. The molecule has 0 fully saturated rings. The van der Waals surface area contributed by atoms with Gasteiger partial charge in [0.2, 0.25) is 0 Å².